The highest BCUT2D eigenvalue weighted by Crippen LogP contribution is 2.18. The topological polar surface area (TPSA) is 63.4 Å². The number of sulfone groups is 1. The van der Waals surface area contributed by atoms with Crippen LogP contribution in [0.15, 0.2) is 24.3 Å². The summed E-state index contributed by atoms with van der Waals surface area (Å²) in [6.07, 6.45) is 0.519. The normalized spacial score (nSPS) is 20.2. The summed E-state index contributed by atoms with van der Waals surface area (Å²) in [4.78, 5) is 2.06. The van der Waals surface area contributed by atoms with Crippen LogP contribution in [-0.4, -0.2) is 45.7 Å². The molecule has 0 spiro atoms. The van der Waals surface area contributed by atoms with Gasteiger partial charge in [0.2, 0.25) is 0 Å². The highest BCUT2D eigenvalue weighted by atomic mass is 32.2. The first-order valence-electron chi connectivity index (χ1n) is 6.36. The van der Waals surface area contributed by atoms with E-state index in [-0.39, 0.29) is 11.5 Å². The molecule has 1 saturated heterocycles. The fourth-order valence-corrected chi connectivity index (χ4v) is 3.37. The predicted molar refractivity (Wildman–Crippen MR) is 75.0 cm³/mol. The number of rotatable bonds is 4. The molecule has 0 unspecified atom stereocenters. The van der Waals surface area contributed by atoms with Crippen molar-refractivity contribution in [3.8, 4) is 0 Å². The fraction of sp³-hybridized carbons (Fsp3) is 0.538. The van der Waals surface area contributed by atoms with Gasteiger partial charge in [-0.1, -0.05) is 12.1 Å². The molecule has 2 N–H and O–H groups in total. The monoisotopic (exact) mass is 286 g/mol. The molecule has 106 valence electrons. The van der Waals surface area contributed by atoms with E-state index in [0.717, 1.165) is 11.3 Å². The molecule has 4 nitrogen and oxygen atoms in total. The molecule has 1 aromatic carbocycles. The summed E-state index contributed by atoms with van der Waals surface area (Å²) in [5, 5.41) is 0. The highest BCUT2D eigenvalue weighted by molar-refractivity contribution is 7.91. The van der Waals surface area contributed by atoms with E-state index in [1.807, 2.05) is 24.3 Å². The van der Waals surface area contributed by atoms with E-state index in [1.54, 1.807) is 0 Å². The number of benzene rings is 1. The van der Waals surface area contributed by atoms with Gasteiger partial charge in [0.25, 0.3) is 0 Å². The molecule has 1 aromatic rings. The smallest absolute Gasteiger partial charge is 0.153 e. The average Bonchev–Trinajstić information content (AvgIpc) is 2.40. The standard InChI is InChI=1S/C13H19FN2O2S/c14-10-12(15)9-11-1-3-13(4-2-11)16-5-7-19(17,18)8-6-16/h1-4,12H,5-10,15H2/t12-/m0/s1. The van der Waals surface area contributed by atoms with E-state index >= 15 is 0 Å². The number of halogens is 1. The molecular formula is C13H19FN2O2S. The summed E-state index contributed by atoms with van der Waals surface area (Å²) in [6.45, 7) is 0.545. The Morgan fingerprint density at radius 2 is 1.79 bits per heavy atom. The van der Waals surface area contributed by atoms with Gasteiger partial charge >= 0.3 is 0 Å². The van der Waals surface area contributed by atoms with Crippen LogP contribution in [0.3, 0.4) is 0 Å². The molecule has 0 amide bonds. The third-order valence-electron chi connectivity index (χ3n) is 3.34. The molecule has 0 bridgehead atoms. The van der Waals surface area contributed by atoms with E-state index in [0.29, 0.717) is 19.5 Å². The highest BCUT2D eigenvalue weighted by Gasteiger charge is 2.21. The summed E-state index contributed by atoms with van der Waals surface area (Å²) in [6, 6.07) is 7.28. The number of alkyl halides is 1. The van der Waals surface area contributed by atoms with Crippen LogP contribution in [0.5, 0.6) is 0 Å². The van der Waals surface area contributed by atoms with Crippen molar-refractivity contribution in [3.05, 3.63) is 29.8 Å². The van der Waals surface area contributed by atoms with Gasteiger partial charge in [-0.05, 0) is 24.1 Å². The van der Waals surface area contributed by atoms with E-state index < -0.39 is 22.6 Å². The van der Waals surface area contributed by atoms with Gasteiger partial charge in [-0.3, -0.25) is 0 Å². The summed E-state index contributed by atoms with van der Waals surface area (Å²) in [5.74, 6) is 0.420. The molecule has 0 radical (unpaired) electrons. The first-order chi connectivity index (χ1) is 9.00. The van der Waals surface area contributed by atoms with Crippen molar-refractivity contribution in [1.29, 1.82) is 0 Å². The van der Waals surface area contributed by atoms with Crippen molar-refractivity contribution < 1.29 is 12.8 Å². The Morgan fingerprint density at radius 1 is 1.21 bits per heavy atom. The van der Waals surface area contributed by atoms with Crippen LogP contribution in [0.1, 0.15) is 5.56 Å². The molecule has 1 aliphatic rings. The fourth-order valence-electron chi connectivity index (χ4n) is 2.17. The number of hydrogen-bond donors (Lipinski definition) is 1. The molecule has 1 fully saturated rings. The van der Waals surface area contributed by atoms with Crippen molar-refractivity contribution in [2.75, 3.05) is 36.2 Å². The van der Waals surface area contributed by atoms with Gasteiger partial charge in [0.15, 0.2) is 9.84 Å². The third-order valence-corrected chi connectivity index (χ3v) is 4.95. The molecule has 6 heteroatoms. The van der Waals surface area contributed by atoms with Gasteiger partial charge in [0.05, 0.1) is 11.5 Å². The van der Waals surface area contributed by atoms with Gasteiger partial charge in [-0.15, -0.1) is 0 Å². The summed E-state index contributed by atoms with van der Waals surface area (Å²) >= 11 is 0. The maximum atomic E-state index is 12.3. The van der Waals surface area contributed by atoms with Gasteiger partial charge in [0.1, 0.15) is 6.67 Å². The maximum Gasteiger partial charge on any atom is 0.153 e. The predicted octanol–water partition coefficient (Wildman–Crippen LogP) is 0.761. The largest absolute Gasteiger partial charge is 0.369 e. The molecule has 1 aliphatic heterocycles. The minimum absolute atomic E-state index is 0.210. The lowest BCUT2D eigenvalue weighted by Gasteiger charge is -2.28. The first kappa shape index (κ1) is 14.3. The van der Waals surface area contributed by atoms with Crippen LogP contribution in [0.25, 0.3) is 0 Å². The van der Waals surface area contributed by atoms with Gasteiger partial charge in [0, 0.05) is 24.8 Å². The molecule has 0 aromatic heterocycles. The van der Waals surface area contributed by atoms with Crippen molar-refractivity contribution in [3.63, 3.8) is 0 Å². The zero-order valence-electron chi connectivity index (χ0n) is 10.8. The van der Waals surface area contributed by atoms with E-state index in [4.69, 9.17) is 5.73 Å². The molecule has 1 atom stereocenters. The second-order valence-corrected chi connectivity index (χ2v) is 7.23. The quantitative estimate of drug-likeness (QED) is 0.887. The average molecular weight is 286 g/mol. The van der Waals surface area contributed by atoms with E-state index in [2.05, 4.69) is 4.90 Å². The molecule has 2 rings (SSSR count). The maximum absolute atomic E-state index is 12.3. The molecular weight excluding hydrogens is 267 g/mol. The van der Waals surface area contributed by atoms with Gasteiger partial charge in [-0.25, -0.2) is 12.8 Å². The zero-order chi connectivity index (χ0) is 13.9. The van der Waals surface area contributed by atoms with Gasteiger partial charge < -0.3 is 10.6 Å². The van der Waals surface area contributed by atoms with Crippen molar-refractivity contribution in [2.45, 2.75) is 12.5 Å². The van der Waals surface area contributed by atoms with Crippen LogP contribution in [0.2, 0.25) is 0 Å². The molecule has 0 aliphatic carbocycles. The lowest BCUT2D eigenvalue weighted by Crippen LogP contribution is -2.40. The van der Waals surface area contributed by atoms with E-state index in [1.165, 1.54) is 0 Å². The SMILES string of the molecule is N[C@H](CF)Cc1ccc(N2CCS(=O)(=O)CC2)cc1. The Kier molecular flexibility index (Phi) is 4.42. The van der Waals surface area contributed by atoms with Crippen molar-refractivity contribution in [2.24, 2.45) is 5.73 Å². The second kappa shape index (κ2) is 5.88. The zero-order valence-corrected chi connectivity index (χ0v) is 11.6. The Labute approximate surface area is 113 Å². The number of hydrogen-bond acceptors (Lipinski definition) is 4. The molecule has 19 heavy (non-hydrogen) atoms. The summed E-state index contributed by atoms with van der Waals surface area (Å²) in [5.41, 5.74) is 7.57. The number of nitrogens with two attached hydrogens (primary N) is 1. The Hall–Kier alpha value is -1.14. The van der Waals surface area contributed by atoms with Crippen molar-refractivity contribution >= 4 is 15.5 Å². The van der Waals surface area contributed by atoms with Crippen LogP contribution in [-0.2, 0) is 16.3 Å². The van der Waals surface area contributed by atoms with Gasteiger partial charge in [-0.2, -0.15) is 0 Å². The lowest BCUT2D eigenvalue weighted by atomic mass is 10.1. The van der Waals surface area contributed by atoms with Crippen LogP contribution >= 0.6 is 0 Å². The van der Waals surface area contributed by atoms with Crippen LogP contribution in [0, 0.1) is 0 Å². The van der Waals surface area contributed by atoms with E-state index in [9.17, 15) is 12.8 Å². The minimum Gasteiger partial charge on any atom is -0.369 e. The molecule has 1 heterocycles. The second-order valence-electron chi connectivity index (χ2n) is 4.92. The Balaban J connectivity index is 1.99. The van der Waals surface area contributed by atoms with Crippen LogP contribution in [0.4, 0.5) is 10.1 Å². The number of nitrogens with zero attached hydrogens (tertiary/aromatic N) is 1. The third kappa shape index (κ3) is 3.91. The molecule has 0 saturated carbocycles. The summed E-state index contributed by atoms with van der Waals surface area (Å²) in [7, 11) is -2.85. The van der Waals surface area contributed by atoms with Crippen LogP contribution < -0.4 is 10.6 Å². The number of anilines is 1. The Morgan fingerprint density at radius 3 is 2.32 bits per heavy atom. The van der Waals surface area contributed by atoms with Crippen molar-refractivity contribution in [1.82, 2.24) is 0 Å². The summed E-state index contributed by atoms with van der Waals surface area (Å²) < 4.78 is 35.0. The first-order valence-corrected chi connectivity index (χ1v) is 8.18. The Bertz CT molecular complexity index is 502. The minimum atomic E-state index is -2.85. The lowest BCUT2D eigenvalue weighted by molar-refractivity contribution is 0.427.